The van der Waals surface area contributed by atoms with E-state index in [-0.39, 0.29) is 23.5 Å². The van der Waals surface area contributed by atoms with Gasteiger partial charge in [-0.15, -0.1) is 0 Å². The van der Waals surface area contributed by atoms with Crippen LogP contribution in [0.4, 0.5) is 0 Å². The molecule has 7 heteroatoms. The molecular weight excluding hydrogens is 562 g/mol. The first-order chi connectivity index (χ1) is 6.93. The molecule has 1 aliphatic heterocycles. The van der Waals surface area contributed by atoms with Crippen LogP contribution in [0.1, 0.15) is 15.2 Å². The van der Waals surface area contributed by atoms with E-state index in [0.29, 0.717) is 6.90 Å². The predicted octanol–water partition coefficient (Wildman–Crippen LogP) is 3.31. The number of methoxy groups -OCH3 is 1. The normalized spacial score (nSPS) is 33.9. The van der Waals surface area contributed by atoms with Crippen molar-refractivity contribution in [3.63, 3.8) is 0 Å². The molecule has 1 heterocycles. The van der Waals surface area contributed by atoms with Gasteiger partial charge in [-0.3, -0.25) is 4.90 Å². The van der Waals surface area contributed by atoms with Crippen molar-refractivity contribution in [3.05, 3.63) is 0 Å². The molecule has 0 aromatic carbocycles. The van der Waals surface area contributed by atoms with Gasteiger partial charge in [0, 0.05) is 14.5 Å². The molecule has 14 heavy (non-hydrogen) atoms. The quantitative estimate of drug-likeness (QED) is 0.446. The number of likely N-dealkylation sites (N-methyl/N-ethyl adjacent to an activating group) is 1. The van der Waals surface area contributed by atoms with Crippen LogP contribution in [0.15, 0.2) is 0 Å². The van der Waals surface area contributed by atoms with Gasteiger partial charge in [-0.05, 0) is 20.9 Å². The molecule has 0 radical (unpaired) electrons. The molecule has 86 valence electrons. The maximum atomic E-state index is 7.18. The summed E-state index contributed by atoms with van der Waals surface area (Å²) in [7, 11) is 3.55. The van der Waals surface area contributed by atoms with Gasteiger partial charge in [0.1, 0.15) is 0 Å². The first-order valence-electron chi connectivity index (χ1n) is 4.61. The third-order valence-electron chi connectivity index (χ3n) is 2.01. The van der Waals surface area contributed by atoms with Gasteiger partial charge in [0.25, 0.3) is 0 Å². The van der Waals surface area contributed by atoms with Crippen LogP contribution < -0.4 is 0 Å². The molecule has 1 fully saturated rings. The number of hydrogen-bond acceptors (Lipinski definition) is 3. The Bertz CT molecular complexity index is 160. The standard InChI is InChI=1S/C7H15NO2.3HI.V/c1-5-6(2)10-7(9-4)8(5)3;;;;/h5-7H,1-4H3;3*1H;/q;;;;+3/p-3/i2T;;;;. The second-order valence-corrected chi connectivity index (χ2v) is 38.2. The van der Waals surface area contributed by atoms with Crippen LogP contribution in [0.3, 0.4) is 0 Å². The van der Waals surface area contributed by atoms with Gasteiger partial charge in [-0.25, -0.2) is 0 Å². The van der Waals surface area contributed by atoms with E-state index >= 15 is 0 Å². The van der Waals surface area contributed by atoms with E-state index in [0.717, 1.165) is 0 Å². The zero-order chi connectivity index (χ0) is 12.0. The van der Waals surface area contributed by atoms with Crippen molar-refractivity contribution in [1.29, 1.82) is 0 Å². The van der Waals surface area contributed by atoms with Crippen molar-refractivity contribution in [3.8, 4) is 0 Å². The first-order valence-corrected chi connectivity index (χ1v) is 17.4. The predicted molar refractivity (Wildman–Crippen MR) is 80.6 cm³/mol. The Morgan fingerprint density at radius 1 is 1.50 bits per heavy atom. The number of ether oxygens (including phenoxy) is 2. The summed E-state index contributed by atoms with van der Waals surface area (Å²) in [6, 6.07) is 0.275. The Morgan fingerprint density at radius 3 is 2.21 bits per heavy atom. The molecule has 0 N–H and O–H groups in total. The molecule has 1 saturated heterocycles. The summed E-state index contributed by atoms with van der Waals surface area (Å²) in [4.78, 5) is 1.71. The van der Waals surface area contributed by atoms with Crippen LogP contribution in [0.25, 0.3) is 0 Å². The molecule has 0 saturated carbocycles. The summed E-state index contributed by atoms with van der Waals surface area (Å²) >= 11 is 7.39. The summed E-state index contributed by atoms with van der Waals surface area (Å²) in [6.45, 7) is 2.34. The Kier molecular flexibility index (Phi) is 9.15. The third kappa shape index (κ3) is 6.40. The molecule has 0 amide bonds. The average Bonchev–Trinajstić information content (AvgIpc) is 2.43. The van der Waals surface area contributed by atoms with E-state index in [1.807, 2.05) is 18.9 Å². The topological polar surface area (TPSA) is 21.7 Å². The molecule has 3 nitrogen and oxygen atoms in total. The van der Waals surface area contributed by atoms with Gasteiger partial charge < -0.3 is 9.47 Å². The van der Waals surface area contributed by atoms with Gasteiger partial charge in [-0.1, -0.05) is 0 Å². The molecular formula is C7H15I3NO2V. The molecule has 0 bridgehead atoms. The monoisotopic (exact) mass is 579 g/mol. The number of hydrogen-bond donors (Lipinski definition) is 0. The molecule has 0 spiro atoms. The molecule has 0 aromatic rings. The van der Waals surface area contributed by atoms with E-state index in [1.54, 1.807) is 7.11 Å². The van der Waals surface area contributed by atoms with E-state index in [9.17, 15) is 0 Å². The summed E-state index contributed by atoms with van der Waals surface area (Å²) in [5, 5.41) is 0. The Balaban J connectivity index is 0.000000423. The zero-order valence-electron chi connectivity index (χ0n) is 9.28. The summed E-state index contributed by atoms with van der Waals surface area (Å²) in [6.07, 6.45) is -0.273. The third-order valence-corrected chi connectivity index (χ3v) is 2.01. The van der Waals surface area contributed by atoms with E-state index in [4.69, 9.17) is 10.8 Å². The molecule has 0 aliphatic carbocycles. The van der Waals surface area contributed by atoms with Gasteiger partial charge in [0.2, 0.25) is 6.41 Å². The molecule has 1 rings (SSSR count). The van der Waals surface area contributed by atoms with Crippen LogP contribution in [0.2, 0.25) is 0 Å². The summed E-state index contributed by atoms with van der Waals surface area (Å²) < 4.78 is 17.6. The fourth-order valence-corrected chi connectivity index (χ4v) is 1.04. The fourth-order valence-electron chi connectivity index (χ4n) is 1.04. The van der Waals surface area contributed by atoms with Crippen LogP contribution in [-0.2, 0) is 14.4 Å². The van der Waals surface area contributed by atoms with Crippen molar-refractivity contribution >= 4 is 59.9 Å². The first kappa shape index (κ1) is 14.7. The number of nitrogens with zero attached hydrogens (tertiary/aromatic N) is 1. The second-order valence-electron chi connectivity index (χ2n) is 2.82. The molecule has 0 aromatic heterocycles. The molecule has 3 atom stereocenters. The van der Waals surface area contributed by atoms with Crippen LogP contribution >= 0.6 is 59.9 Å². The van der Waals surface area contributed by atoms with Crippen molar-refractivity contribution < 1.29 is 15.8 Å². The Hall–Kier alpha value is 2.65. The van der Waals surface area contributed by atoms with Gasteiger partial charge in [0.15, 0.2) is 0 Å². The SMILES string of the molecule is [3H]CC1OC(OC)N(C)C1C.[I][V]([I])[I]. The molecule has 1 aliphatic rings. The minimum absolute atomic E-state index is 0.00931. The van der Waals surface area contributed by atoms with Crippen LogP contribution in [0.5, 0.6) is 0 Å². The minimum atomic E-state index is -0.278. The Morgan fingerprint density at radius 2 is 2.00 bits per heavy atom. The van der Waals surface area contributed by atoms with Crippen molar-refractivity contribution in [2.45, 2.75) is 32.4 Å². The average molecular weight is 579 g/mol. The van der Waals surface area contributed by atoms with Crippen LogP contribution in [0, 0.1) is 0 Å². The van der Waals surface area contributed by atoms with Gasteiger partial charge >= 0.3 is 64.9 Å². The van der Waals surface area contributed by atoms with Gasteiger partial charge in [-0.2, -0.15) is 0 Å². The van der Waals surface area contributed by atoms with Crippen molar-refractivity contribution in [1.82, 2.24) is 4.90 Å². The molecule has 3 unspecified atom stereocenters. The van der Waals surface area contributed by atoms with E-state index in [2.05, 4.69) is 59.9 Å². The summed E-state index contributed by atoms with van der Waals surface area (Å²) in [5.74, 6) is 0. The zero-order valence-corrected chi connectivity index (χ0v) is 16.2. The van der Waals surface area contributed by atoms with E-state index in [1.165, 1.54) is 0 Å². The van der Waals surface area contributed by atoms with Crippen molar-refractivity contribution in [2.75, 3.05) is 14.2 Å². The summed E-state index contributed by atoms with van der Waals surface area (Å²) in [5.41, 5.74) is 0. The maximum absolute atomic E-state index is 7.18. The second kappa shape index (κ2) is 8.70. The van der Waals surface area contributed by atoms with E-state index < -0.39 is 0 Å². The number of rotatable bonds is 1. The number of halogens is 3. The van der Waals surface area contributed by atoms with Gasteiger partial charge in [0.05, 0.1) is 6.10 Å². The Labute approximate surface area is 125 Å². The fraction of sp³-hybridized carbons (Fsp3) is 1.00. The van der Waals surface area contributed by atoms with Crippen molar-refractivity contribution in [2.24, 2.45) is 0 Å². The van der Waals surface area contributed by atoms with Crippen LogP contribution in [-0.4, -0.2) is 37.6 Å².